The Kier molecular flexibility index (Phi) is 7.11. The van der Waals surface area contributed by atoms with Crippen LogP contribution in [0.1, 0.15) is 17.3 Å². The summed E-state index contributed by atoms with van der Waals surface area (Å²) < 4.78 is 27.8. The lowest BCUT2D eigenvalue weighted by molar-refractivity contribution is 0.0710. The van der Waals surface area contributed by atoms with Crippen LogP contribution in [0.4, 0.5) is 5.69 Å². The highest BCUT2D eigenvalue weighted by atomic mass is 35.5. The molecule has 0 aromatic heterocycles. The Morgan fingerprint density at radius 2 is 1.85 bits per heavy atom. The molecule has 0 spiro atoms. The number of benzene rings is 2. The average molecular weight is 430 g/mol. The molecule has 1 unspecified atom stereocenters. The number of piperazine rings is 1. The zero-order valence-electron chi connectivity index (χ0n) is 14.7. The van der Waals surface area contributed by atoms with Gasteiger partial charge in [-0.1, -0.05) is 23.7 Å². The number of amides is 1. The maximum atomic E-state index is 12.9. The highest BCUT2D eigenvalue weighted by molar-refractivity contribution is 7.92. The lowest BCUT2D eigenvalue weighted by atomic mass is 10.1. The standard InChI is InChI=1S/C18H20ClN3O3S.ClH/c1-13-12-22(11-10-20-13)18(23)16-4-2-3-5-17(16)21-26(24,25)15-8-6-14(19)7-9-15;/h2-9,13,20-21H,10-12H2,1H3;1H. The zero-order valence-corrected chi connectivity index (χ0v) is 17.1. The van der Waals surface area contributed by atoms with E-state index < -0.39 is 10.0 Å². The van der Waals surface area contributed by atoms with Crippen LogP contribution in [0.15, 0.2) is 53.4 Å². The largest absolute Gasteiger partial charge is 0.336 e. The molecular weight excluding hydrogens is 409 g/mol. The van der Waals surface area contributed by atoms with Gasteiger partial charge in [-0.2, -0.15) is 0 Å². The summed E-state index contributed by atoms with van der Waals surface area (Å²) in [5, 5.41) is 3.73. The Hall–Kier alpha value is -1.80. The number of rotatable bonds is 4. The number of sulfonamides is 1. The van der Waals surface area contributed by atoms with Gasteiger partial charge in [-0.05, 0) is 43.3 Å². The van der Waals surface area contributed by atoms with Crippen molar-refractivity contribution in [2.45, 2.75) is 17.9 Å². The normalized spacial score (nSPS) is 17.1. The minimum atomic E-state index is -3.82. The number of carbonyl (C=O) groups is 1. The molecule has 3 rings (SSSR count). The second-order valence-corrected chi connectivity index (χ2v) is 8.33. The van der Waals surface area contributed by atoms with Gasteiger partial charge in [-0.15, -0.1) is 12.4 Å². The number of nitrogens with one attached hydrogen (secondary N) is 2. The van der Waals surface area contributed by atoms with Gasteiger partial charge in [0, 0.05) is 30.7 Å². The van der Waals surface area contributed by atoms with Gasteiger partial charge in [0.15, 0.2) is 0 Å². The van der Waals surface area contributed by atoms with Crippen LogP contribution in [0.2, 0.25) is 5.02 Å². The summed E-state index contributed by atoms with van der Waals surface area (Å²) in [6.45, 7) is 3.89. The molecule has 2 aromatic rings. The quantitative estimate of drug-likeness (QED) is 0.782. The van der Waals surface area contributed by atoms with E-state index in [1.807, 2.05) is 6.92 Å². The molecule has 9 heteroatoms. The van der Waals surface area contributed by atoms with E-state index in [-0.39, 0.29) is 34.9 Å². The molecule has 1 saturated heterocycles. The van der Waals surface area contributed by atoms with Crippen LogP contribution in [-0.4, -0.2) is 44.9 Å². The van der Waals surface area contributed by atoms with Gasteiger partial charge in [-0.3, -0.25) is 9.52 Å². The molecule has 2 N–H and O–H groups in total. The van der Waals surface area contributed by atoms with Crippen LogP contribution in [0.3, 0.4) is 0 Å². The number of hydrogen-bond acceptors (Lipinski definition) is 4. The number of carbonyl (C=O) groups excluding carboxylic acids is 1. The predicted molar refractivity (Wildman–Crippen MR) is 109 cm³/mol. The third-order valence-corrected chi connectivity index (χ3v) is 5.82. The van der Waals surface area contributed by atoms with Crippen LogP contribution in [0.5, 0.6) is 0 Å². The molecule has 0 aliphatic carbocycles. The summed E-state index contributed by atoms with van der Waals surface area (Å²) in [5.41, 5.74) is 0.595. The van der Waals surface area contributed by atoms with E-state index >= 15 is 0 Å². The topological polar surface area (TPSA) is 78.5 Å². The molecule has 0 saturated carbocycles. The van der Waals surface area contributed by atoms with Crippen molar-refractivity contribution in [3.63, 3.8) is 0 Å². The maximum Gasteiger partial charge on any atom is 0.261 e. The Labute approximate surface area is 170 Å². The van der Waals surface area contributed by atoms with E-state index in [9.17, 15) is 13.2 Å². The number of hydrogen-bond donors (Lipinski definition) is 2. The third-order valence-electron chi connectivity index (χ3n) is 4.18. The average Bonchev–Trinajstić information content (AvgIpc) is 2.62. The minimum absolute atomic E-state index is 0. The van der Waals surface area contributed by atoms with Crippen LogP contribution >= 0.6 is 24.0 Å². The summed E-state index contributed by atoms with van der Waals surface area (Å²) in [4.78, 5) is 14.7. The van der Waals surface area contributed by atoms with E-state index in [4.69, 9.17) is 11.6 Å². The van der Waals surface area contributed by atoms with Crippen LogP contribution < -0.4 is 10.0 Å². The summed E-state index contributed by atoms with van der Waals surface area (Å²) in [7, 11) is -3.82. The lowest BCUT2D eigenvalue weighted by Crippen LogP contribution is -2.51. The second-order valence-electron chi connectivity index (χ2n) is 6.21. The molecule has 2 aromatic carbocycles. The van der Waals surface area contributed by atoms with Gasteiger partial charge in [0.25, 0.3) is 15.9 Å². The van der Waals surface area contributed by atoms with Crippen molar-refractivity contribution in [2.75, 3.05) is 24.4 Å². The number of halogens is 2. The lowest BCUT2D eigenvalue weighted by Gasteiger charge is -2.32. The van der Waals surface area contributed by atoms with Gasteiger partial charge in [-0.25, -0.2) is 8.42 Å². The first-order valence-corrected chi connectivity index (χ1v) is 10.1. The summed E-state index contributed by atoms with van der Waals surface area (Å²) in [6.07, 6.45) is 0. The fraction of sp³-hybridized carbons (Fsp3) is 0.278. The van der Waals surface area contributed by atoms with E-state index in [1.54, 1.807) is 29.2 Å². The van der Waals surface area contributed by atoms with Crippen LogP contribution in [0.25, 0.3) is 0 Å². The van der Waals surface area contributed by atoms with Crippen molar-refractivity contribution in [1.29, 1.82) is 0 Å². The van der Waals surface area contributed by atoms with Gasteiger partial charge in [0.1, 0.15) is 0 Å². The fourth-order valence-electron chi connectivity index (χ4n) is 2.86. The number of nitrogens with zero attached hydrogens (tertiary/aromatic N) is 1. The Morgan fingerprint density at radius 1 is 1.19 bits per heavy atom. The van der Waals surface area contributed by atoms with Gasteiger partial charge >= 0.3 is 0 Å². The van der Waals surface area contributed by atoms with Crippen molar-refractivity contribution < 1.29 is 13.2 Å². The molecule has 1 heterocycles. The van der Waals surface area contributed by atoms with E-state index in [0.717, 1.165) is 0 Å². The molecule has 27 heavy (non-hydrogen) atoms. The molecule has 1 atom stereocenters. The van der Waals surface area contributed by atoms with E-state index in [1.165, 1.54) is 24.3 Å². The first kappa shape index (κ1) is 21.5. The Bertz CT molecular complexity index is 904. The molecular formula is C18H21Cl2N3O3S. The summed E-state index contributed by atoms with van der Waals surface area (Å²) in [5.74, 6) is -0.187. The van der Waals surface area contributed by atoms with Crippen LogP contribution in [-0.2, 0) is 10.0 Å². The van der Waals surface area contributed by atoms with Crippen molar-refractivity contribution in [3.8, 4) is 0 Å². The highest BCUT2D eigenvalue weighted by Crippen LogP contribution is 2.23. The van der Waals surface area contributed by atoms with E-state index in [0.29, 0.717) is 30.2 Å². The van der Waals surface area contributed by atoms with Crippen LogP contribution in [0, 0.1) is 0 Å². The van der Waals surface area contributed by atoms with E-state index in [2.05, 4.69) is 10.0 Å². The predicted octanol–water partition coefficient (Wildman–Crippen LogP) is 3.00. The van der Waals surface area contributed by atoms with Crippen molar-refractivity contribution >= 4 is 45.6 Å². The van der Waals surface area contributed by atoms with Crippen molar-refractivity contribution in [1.82, 2.24) is 10.2 Å². The van der Waals surface area contributed by atoms with Gasteiger partial charge in [0.2, 0.25) is 0 Å². The van der Waals surface area contributed by atoms with Gasteiger partial charge in [0.05, 0.1) is 16.1 Å². The molecule has 1 amide bonds. The van der Waals surface area contributed by atoms with Crippen molar-refractivity contribution in [2.24, 2.45) is 0 Å². The highest BCUT2D eigenvalue weighted by Gasteiger charge is 2.25. The smallest absolute Gasteiger partial charge is 0.261 e. The Morgan fingerprint density at radius 3 is 2.52 bits per heavy atom. The summed E-state index contributed by atoms with van der Waals surface area (Å²) in [6, 6.07) is 12.7. The SMILES string of the molecule is CC1CN(C(=O)c2ccccc2NS(=O)(=O)c2ccc(Cl)cc2)CCN1.Cl. The Balaban J connectivity index is 0.00000261. The molecule has 0 radical (unpaired) electrons. The molecule has 1 aliphatic heterocycles. The zero-order chi connectivity index (χ0) is 18.7. The first-order valence-electron chi connectivity index (χ1n) is 8.27. The summed E-state index contributed by atoms with van der Waals surface area (Å²) >= 11 is 5.82. The second kappa shape index (κ2) is 8.93. The molecule has 6 nitrogen and oxygen atoms in total. The molecule has 0 bridgehead atoms. The number of anilines is 1. The third kappa shape index (κ3) is 5.13. The molecule has 146 valence electrons. The first-order chi connectivity index (χ1) is 12.4. The van der Waals surface area contributed by atoms with Crippen molar-refractivity contribution in [3.05, 3.63) is 59.1 Å². The monoisotopic (exact) mass is 429 g/mol. The fourth-order valence-corrected chi connectivity index (χ4v) is 4.07. The molecule has 1 fully saturated rings. The number of para-hydroxylation sites is 1. The van der Waals surface area contributed by atoms with Gasteiger partial charge < -0.3 is 10.2 Å². The minimum Gasteiger partial charge on any atom is -0.336 e. The molecule has 1 aliphatic rings. The maximum absolute atomic E-state index is 12.9.